The Balaban J connectivity index is 1.79. The van der Waals surface area contributed by atoms with E-state index in [1.165, 1.54) is 0 Å². The lowest BCUT2D eigenvalue weighted by Gasteiger charge is -2.15. The number of carboxylic acid groups (broad SMARTS) is 1. The topological polar surface area (TPSA) is 64.4 Å². The van der Waals surface area contributed by atoms with Gasteiger partial charge >= 0.3 is 5.97 Å². The van der Waals surface area contributed by atoms with Crippen LogP contribution in [0.25, 0.3) is 16.9 Å². The second-order valence-corrected chi connectivity index (χ2v) is 10.1. The molecule has 4 aromatic rings. The van der Waals surface area contributed by atoms with Crippen LogP contribution in [0.15, 0.2) is 66.7 Å². The van der Waals surface area contributed by atoms with E-state index in [0.29, 0.717) is 48.5 Å². The van der Waals surface area contributed by atoms with Gasteiger partial charge in [0.25, 0.3) is 0 Å². The summed E-state index contributed by atoms with van der Waals surface area (Å²) in [6, 6.07) is 19.3. The van der Waals surface area contributed by atoms with Crippen molar-refractivity contribution < 1.29 is 14.6 Å². The third-order valence-electron chi connectivity index (χ3n) is 5.46. The smallest absolute Gasteiger partial charge is 0.311 e. The number of benzene rings is 3. The van der Waals surface area contributed by atoms with Crippen LogP contribution < -0.4 is 4.74 Å². The fourth-order valence-corrected chi connectivity index (χ4v) is 4.65. The summed E-state index contributed by atoms with van der Waals surface area (Å²) in [7, 11) is 0. The zero-order valence-corrected chi connectivity index (χ0v) is 22.4. The third-order valence-corrected chi connectivity index (χ3v) is 6.73. The molecule has 1 atom stereocenters. The SMILES string of the molecule is CC(C)Oc1cccc(C(Cc2cc(-c3ccc(Cl)c(Cl)c3)n(-c3ccc(Cl)cc3Cl)n2)C(=O)O)c1. The molecule has 0 spiro atoms. The Hall–Kier alpha value is -2.70. The van der Waals surface area contributed by atoms with E-state index in [9.17, 15) is 9.90 Å². The Labute approximate surface area is 229 Å². The molecule has 9 heteroatoms. The molecular weight excluding hydrogens is 542 g/mol. The molecule has 1 unspecified atom stereocenters. The van der Waals surface area contributed by atoms with Crippen LogP contribution in [0.1, 0.15) is 31.0 Å². The molecule has 0 aliphatic rings. The molecule has 0 saturated carbocycles. The Morgan fingerprint density at radius 1 is 0.944 bits per heavy atom. The van der Waals surface area contributed by atoms with Crippen molar-refractivity contribution in [3.8, 4) is 22.7 Å². The van der Waals surface area contributed by atoms with Crippen molar-refractivity contribution in [3.05, 3.63) is 98.1 Å². The Bertz CT molecular complexity index is 1420. The van der Waals surface area contributed by atoms with Crippen molar-refractivity contribution in [2.75, 3.05) is 0 Å². The summed E-state index contributed by atoms with van der Waals surface area (Å²) in [4.78, 5) is 12.3. The van der Waals surface area contributed by atoms with Crippen molar-refractivity contribution in [2.24, 2.45) is 0 Å². The molecule has 0 radical (unpaired) electrons. The van der Waals surface area contributed by atoms with Crippen molar-refractivity contribution in [1.29, 1.82) is 0 Å². The molecule has 0 aliphatic carbocycles. The normalized spacial score (nSPS) is 12.1. The number of carboxylic acids is 1. The van der Waals surface area contributed by atoms with Crippen molar-refractivity contribution >= 4 is 52.4 Å². The highest BCUT2D eigenvalue weighted by Crippen LogP contribution is 2.34. The molecule has 0 fully saturated rings. The molecule has 0 saturated heterocycles. The lowest BCUT2D eigenvalue weighted by molar-refractivity contribution is -0.138. The highest BCUT2D eigenvalue weighted by atomic mass is 35.5. The zero-order chi connectivity index (χ0) is 26.0. The molecule has 36 heavy (non-hydrogen) atoms. The van der Waals surface area contributed by atoms with Crippen LogP contribution in [0.2, 0.25) is 20.1 Å². The molecule has 1 heterocycles. The Kier molecular flexibility index (Phi) is 8.16. The fraction of sp³-hybridized carbons (Fsp3) is 0.185. The van der Waals surface area contributed by atoms with E-state index >= 15 is 0 Å². The van der Waals surface area contributed by atoms with Crippen LogP contribution in [0.5, 0.6) is 5.75 Å². The number of ether oxygens (including phenoxy) is 1. The summed E-state index contributed by atoms with van der Waals surface area (Å²) in [5.41, 5.74) is 3.19. The molecular formula is C27H22Cl4N2O3. The maximum atomic E-state index is 12.3. The minimum absolute atomic E-state index is 0.0305. The number of hydrogen-bond acceptors (Lipinski definition) is 3. The highest BCUT2D eigenvalue weighted by molar-refractivity contribution is 6.42. The highest BCUT2D eigenvalue weighted by Gasteiger charge is 2.24. The van der Waals surface area contributed by atoms with E-state index in [1.807, 2.05) is 32.0 Å². The second kappa shape index (κ2) is 11.1. The average Bonchev–Trinajstić information content (AvgIpc) is 3.22. The minimum atomic E-state index is -0.966. The van der Waals surface area contributed by atoms with Gasteiger partial charge in [0, 0.05) is 17.0 Å². The predicted molar refractivity (Wildman–Crippen MR) is 145 cm³/mol. The number of aromatic nitrogens is 2. The van der Waals surface area contributed by atoms with E-state index in [2.05, 4.69) is 0 Å². The quantitative estimate of drug-likeness (QED) is 0.234. The molecule has 0 bridgehead atoms. The number of nitrogens with zero attached hydrogens (tertiary/aromatic N) is 2. The number of halogens is 4. The molecule has 186 valence electrons. The van der Waals surface area contributed by atoms with Gasteiger partial charge in [-0.25, -0.2) is 4.68 Å². The Morgan fingerprint density at radius 3 is 2.39 bits per heavy atom. The van der Waals surface area contributed by atoms with Crippen LogP contribution in [-0.4, -0.2) is 27.0 Å². The maximum absolute atomic E-state index is 12.3. The van der Waals surface area contributed by atoms with Crippen LogP contribution >= 0.6 is 46.4 Å². The van der Waals surface area contributed by atoms with Crippen LogP contribution in [0.3, 0.4) is 0 Å². The zero-order valence-electron chi connectivity index (χ0n) is 19.4. The van der Waals surface area contributed by atoms with Gasteiger partial charge in [-0.1, -0.05) is 64.6 Å². The first-order valence-corrected chi connectivity index (χ1v) is 12.6. The lowest BCUT2D eigenvalue weighted by Crippen LogP contribution is -2.15. The molecule has 3 aromatic carbocycles. The van der Waals surface area contributed by atoms with Crippen LogP contribution in [-0.2, 0) is 11.2 Å². The van der Waals surface area contributed by atoms with Gasteiger partial charge in [0.15, 0.2) is 0 Å². The second-order valence-electron chi connectivity index (χ2n) is 8.49. The number of hydrogen-bond donors (Lipinski definition) is 1. The van der Waals surface area contributed by atoms with E-state index in [4.69, 9.17) is 56.2 Å². The predicted octanol–water partition coefficient (Wildman–Crippen LogP) is 8.35. The monoisotopic (exact) mass is 562 g/mol. The van der Waals surface area contributed by atoms with Gasteiger partial charge in [0.2, 0.25) is 0 Å². The summed E-state index contributed by atoms with van der Waals surface area (Å²) in [6.07, 6.45) is 0.115. The summed E-state index contributed by atoms with van der Waals surface area (Å²) in [5.74, 6) is -1.19. The lowest BCUT2D eigenvalue weighted by atomic mass is 9.94. The van der Waals surface area contributed by atoms with Crippen molar-refractivity contribution in [3.63, 3.8) is 0 Å². The van der Waals surface area contributed by atoms with E-state index in [1.54, 1.807) is 53.2 Å². The van der Waals surface area contributed by atoms with Gasteiger partial charge in [-0.05, 0) is 67.9 Å². The molecule has 1 N–H and O–H groups in total. The van der Waals surface area contributed by atoms with Gasteiger partial charge in [-0.2, -0.15) is 5.10 Å². The summed E-state index contributed by atoms with van der Waals surface area (Å²) in [6.45, 7) is 3.83. The molecule has 0 aliphatic heterocycles. The van der Waals surface area contributed by atoms with E-state index < -0.39 is 11.9 Å². The van der Waals surface area contributed by atoms with Crippen LogP contribution in [0.4, 0.5) is 0 Å². The standard InChI is InChI=1S/C27H22Cl4N2O3/c1-15(2)36-20-5-3-4-16(10-20)21(27(34)35)13-19-14-26(17-6-8-22(29)23(30)11-17)33(32-19)25-9-7-18(28)12-24(25)31/h3-12,14-15,21H,13H2,1-2H3,(H,34,35). The Morgan fingerprint density at radius 2 is 1.72 bits per heavy atom. The first kappa shape index (κ1) is 26.4. The maximum Gasteiger partial charge on any atom is 0.311 e. The molecule has 4 rings (SSSR count). The summed E-state index contributed by atoms with van der Waals surface area (Å²) in [5, 5.41) is 16.5. The van der Waals surface area contributed by atoms with Gasteiger partial charge in [-0.3, -0.25) is 4.79 Å². The van der Waals surface area contributed by atoms with Gasteiger partial charge in [-0.15, -0.1) is 0 Å². The molecule has 5 nitrogen and oxygen atoms in total. The first-order valence-electron chi connectivity index (χ1n) is 11.1. The van der Waals surface area contributed by atoms with Gasteiger partial charge in [0.1, 0.15) is 5.75 Å². The van der Waals surface area contributed by atoms with Crippen LogP contribution in [0, 0.1) is 0 Å². The number of carbonyl (C=O) groups is 1. The van der Waals surface area contributed by atoms with Gasteiger partial charge < -0.3 is 9.84 Å². The fourth-order valence-electron chi connectivity index (χ4n) is 3.86. The van der Waals surface area contributed by atoms with E-state index in [0.717, 1.165) is 5.56 Å². The van der Waals surface area contributed by atoms with Crippen molar-refractivity contribution in [2.45, 2.75) is 32.3 Å². The summed E-state index contributed by atoms with van der Waals surface area (Å²) >= 11 is 25.0. The minimum Gasteiger partial charge on any atom is -0.491 e. The third kappa shape index (κ3) is 5.98. The van der Waals surface area contributed by atoms with Crippen molar-refractivity contribution in [1.82, 2.24) is 9.78 Å². The summed E-state index contributed by atoms with van der Waals surface area (Å²) < 4.78 is 7.41. The first-order chi connectivity index (χ1) is 17.1. The van der Waals surface area contributed by atoms with Gasteiger partial charge in [0.05, 0.1) is 44.2 Å². The van der Waals surface area contributed by atoms with E-state index in [-0.39, 0.29) is 12.5 Å². The molecule has 0 amide bonds. The largest absolute Gasteiger partial charge is 0.491 e. The number of aliphatic carboxylic acids is 1. The molecule has 1 aromatic heterocycles. The number of rotatable bonds is 8. The average molecular weight is 564 g/mol.